The molecule has 1 saturated carbocycles. The Kier molecular flexibility index (Phi) is 5.43. The van der Waals surface area contributed by atoms with Crippen LogP contribution in [0.1, 0.15) is 24.4 Å². The molecule has 0 aromatic heterocycles. The number of halogens is 2. The van der Waals surface area contributed by atoms with Crippen LogP contribution in [0.15, 0.2) is 48.5 Å². The Hall–Kier alpha value is -2.34. The number of hydrogen-bond acceptors (Lipinski definition) is 4. The van der Waals surface area contributed by atoms with Crippen LogP contribution in [0, 0.1) is 5.92 Å². The summed E-state index contributed by atoms with van der Waals surface area (Å²) < 4.78 is 35.9. The Morgan fingerprint density at radius 1 is 1.07 bits per heavy atom. The maximum Gasteiger partial charge on any atom is 0.387 e. The summed E-state index contributed by atoms with van der Waals surface area (Å²) in [6, 6.07) is 15.8. The largest absolute Gasteiger partial charge is 0.489 e. The molecule has 1 saturated heterocycles. The summed E-state index contributed by atoms with van der Waals surface area (Å²) in [7, 11) is 0. The van der Waals surface area contributed by atoms with Crippen molar-refractivity contribution in [3.63, 3.8) is 0 Å². The van der Waals surface area contributed by atoms with Crippen LogP contribution in [0.4, 0.5) is 14.5 Å². The molecule has 6 heteroatoms. The van der Waals surface area contributed by atoms with Gasteiger partial charge in [0, 0.05) is 37.4 Å². The van der Waals surface area contributed by atoms with E-state index in [-0.39, 0.29) is 11.8 Å². The molecule has 2 aromatic rings. The lowest BCUT2D eigenvalue weighted by Crippen LogP contribution is -2.45. The van der Waals surface area contributed by atoms with Gasteiger partial charge in [-0.3, -0.25) is 0 Å². The predicted octanol–water partition coefficient (Wildman–Crippen LogP) is 4.23. The van der Waals surface area contributed by atoms with Gasteiger partial charge in [-0.2, -0.15) is 8.78 Å². The molecular formula is C21H24F2N2O2. The fourth-order valence-electron chi connectivity index (χ4n) is 3.38. The van der Waals surface area contributed by atoms with Crippen LogP contribution >= 0.6 is 0 Å². The zero-order valence-electron chi connectivity index (χ0n) is 15.1. The van der Waals surface area contributed by atoms with Crippen molar-refractivity contribution in [3.8, 4) is 11.5 Å². The molecule has 2 fully saturated rings. The lowest BCUT2D eigenvalue weighted by atomic mass is 10.0. The number of hydrogen-bond donors (Lipinski definition) is 1. The number of piperazine rings is 1. The summed E-state index contributed by atoms with van der Waals surface area (Å²) in [5, 5.41) is 3.54. The lowest BCUT2D eigenvalue weighted by Gasteiger charge is -2.35. The standard InChI is InChI=1S/C21H24F2N2O2/c22-21(23)27-19-9-8-17(12-20(19)26-14-15-6-7-15)25-11-10-24-18(13-25)16-4-2-1-3-5-16/h1-5,8-9,12,15,18,21,24H,6-7,10-11,13-14H2. The Labute approximate surface area is 158 Å². The smallest absolute Gasteiger partial charge is 0.387 e. The van der Waals surface area contributed by atoms with Crippen molar-refractivity contribution in [2.75, 3.05) is 31.1 Å². The van der Waals surface area contributed by atoms with Crippen LogP contribution in [0.25, 0.3) is 0 Å². The molecular weight excluding hydrogens is 350 g/mol. The summed E-state index contributed by atoms with van der Waals surface area (Å²) in [4.78, 5) is 2.25. The minimum absolute atomic E-state index is 0.101. The van der Waals surface area contributed by atoms with Gasteiger partial charge in [0.05, 0.1) is 6.61 Å². The van der Waals surface area contributed by atoms with Crippen LogP contribution in [-0.2, 0) is 0 Å². The van der Waals surface area contributed by atoms with Crippen molar-refractivity contribution in [2.45, 2.75) is 25.5 Å². The Balaban J connectivity index is 1.51. The molecule has 0 spiro atoms. The van der Waals surface area contributed by atoms with E-state index in [0.29, 0.717) is 18.3 Å². The van der Waals surface area contributed by atoms with Crippen molar-refractivity contribution in [2.24, 2.45) is 5.92 Å². The molecule has 27 heavy (non-hydrogen) atoms. The van der Waals surface area contributed by atoms with Gasteiger partial charge in [0.25, 0.3) is 0 Å². The van der Waals surface area contributed by atoms with Crippen LogP contribution in [0.2, 0.25) is 0 Å². The van der Waals surface area contributed by atoms with Gasteiger partial charge in [0.1, 0.15) is 0 Å². The summed E-state index contributed by atoms with van der Waals surface area (Å²) in [5.41, 5.74) is 2.20. The highest BCUT2D eigenvalue weighted by molar-refractivity contribution is 5.57. The van der Waals surface area contributed by atoms with Gasteiger partial charge in [0.15, 0.2) is 11.5 Å². The summed E-state index contributed by atoms with van der Waals surface area (Å²) in [6.07, 6.45) is 2.28. The topological polar surface area (TPSA) is 33.7 Å². The summed E-state index contributed by atoms with van der Waals surface area (Å²) >= 11 is 0. The number of nitrogens with one attached hydrogen (secondary N) is 1. The number of rotatable bonds is 7. The second kappa shape index (κ2) is 8.13. The number of alkyl halides is 2. The maximum atomic E-state index is 12.7. The van der Waals surface area contributed by atoms with Gasteiger partial charge >= 0.3 is 6.61 Å². The van der Waals surface area contributed by atoms with E-state index in [4.69, 9.17) is 4.74 Å². The highest BCUT2D eigenvalue weighted by Gasteiger charge is 2.25. The third-order valence-corrected chi connectivity index (χ3v) is 5.06. The Morgan fingerprint density at radius 3 is 2.63 bits per heavy atom. The second-order valence-electron chi connectivity index (χ2n) is 7.13. The van der Waals surface area contributed by atoms with Crippen molar-refractivity contribution >= 4 is 5.69 Å². The Morgan fingerprint density at radius 2 is 1.89 bits per heavy atom. The molecule has 2 aliphatic rings. The van der Waals surface area contributed by atoms with Crippen molar-refractivity contribution in [1.29, 1.82) is 0 Å². The molecule has 1 heterocycles. The highest BCUT2D eigenvalue weighted by atomic mass is 19.3. The van der Waals surface area contributed by atoms with Gasteiger partial charge in [-0.05, 0) is 36.5 Å². The summed E-state index contributed by atoms with van der Waals surface area (Å²) in [5.74, 6) is 1.04. The Bertz CT molecular complexity index is 753. The van der Waals surface area contributed by atoms with Crippen LogP contribution in [0.5, 0.6) is 11.5 Å². The first-order valence-corrected chi connectivity index (χ1v) is 9.44. The minimum atomic E-state index is -2.86. The van der Waals surface area contributed by atoms with Crippen molar-refractivity contribution in [1.82, 2.24) is 5.32 Å². The third-order valence-electron chi connectivity index (χ3n) is 5.06. The van der Waals surface area contributed by atoms with Crippen LogP contribution in [-0.4, -0.2) is 32.9 Å². The van der Waals surface area contributed by atoms with E-state index in [9.17, 15) is 8.78 Å². The van der Waals surface area contributed by atoms with Gasteiger partial charge in [-0.15, -0.1) is 0 Å². The van der Waals surface area contributed by atoms with Gasteiger partial charge in [-0.1, -0.05) is 30.3 Å². The highest BCUT2D eigenvalue weighted by Crippen LogP contribution is 2.36. The maximum absolute atomic E-state index is 12.7. The molecule has 0 radical (unpaired) electrons. The molecule has 144 valence electrons. The fraction of sp³-hybridized carbons (Fsp3) is 0.429. The lowest BCUT2D eigenvalue weighted by molar-refractivity contribution is -0.0515. The minimum Gasteiger partial charge on any atom is -0.489 e. The molecule has 1 unspecified atom stereocenters. The summed E-state index contributed by atoms with van der Waals surface area (Å²) in [6.45, 7) is 0.201. The number of ether oxygens (including phenoxy) is 2. The normalized spacial score (nSPS) is 20.0. The number of anilines is 1. The average molecular weight is 374 g/mol. The van der Waals surface area contributed by atoms with Gasteiger partial charge in [0.2, 0.25) is 0 Å². The molecule has 0 bridgehead atoms. The first-order chi connectivity index (χ1) is 13.2. The third kappa shape index (κ3) is 4.69. The number of benzene rings is 2. The molecule has 1 atom stereocenters. The second-order valence-corrected chi connectivity index (χ2v) is 7.13. The van der Waals surface area contributed by atoms with E-state index in [1.807, 2.05) is 30.3 Å². The average Bonchev–Trinajstić information content (AvgIpc) is 3.52. The molecule has 2 aromatic carbocycles. The van der Waals surface area contributed by atoms with E-state index in [1.54, 1.807) is 6.07 Å². The van der Waals surface area contributed by atoms with E-state index >= 15 is 0 Å². The van der Waals surface area contributed by atoms with Crippen LogP contribution < -0.4 is 19.7 Å². The van der Waals surface area contributed by atoms with Crippen molar-refractivity contribution in [3.05, 3.63) is 54.1 Å². The zero-order chi connectivity index (χ0) is 18.6. The zero-order valence-corrected chi connectivity index (χ0v) is 15.1. The van der Waals surface area contributed by atoms with E-state index < -0.39 is 6.61 Å². The first kappa shape index (κ1) is 18.0. The van der Waals surface area contributed by atoms with Crippen molar-refractivity contribution < 1.29 is 18.3 Å². The SMILES string of the molecule is FC(F)Oc1ccc(N2CCNC(c3ccccc3)C2)cc1OCC1CC1. The monoisotopic (exact) mass is 374 g/mol. The van der Waals surface area contributed by atoms with E-state index in [1.165, 1.54) is 5.56 Å². The molecule has 4 rings (SSSR count). The van der Waals surface area contributed by atoms with Gasteiger partial charge in [-0.25, -0.2) is 0 Å². The van der Waals surface area contributed by atoms with Crippen LogP contribution in [0.3, 0.4) is 0 Å². The molecule has 4 nitrogen and oxygen atoms in total. The predicted molar refractivity (Wildman–Crippen MR) is 101 cm³/mol. The molecule has 0 amide bonds. The quantitative estimate of drug-likeness (QED) is 0.787. The fourth-order valence-corrected chi connectivity index (χ4v) is 3.38. The molecule has 1 aliphatic carbocycles. The van der Waals surface area contributed by atoms with E-state index in [0.717, 1.165) is 38.2 Å². The first-order valence-electron chi connectivity index (χ1n) is 9.44. The number of nitrogens with zero attached hydrogens (tertiary/aromatic N) is 1. The molecule has 1 aliphatic heterocycles. The van der Waals surface area contributed by atoms with Gasteiger partial charge < -0.3 is 19.7 Å². The van der Waals surface area contributed by atoms with E-state index in [2.05, 4.69) is 27.1 Å². The molecule has 1 N–H and O–H groups in total.